The van der Waals surface area contributed by atoms with E-state index in [1.807, 2.05) is 24.3 Å². The van der Waals surface area contributed by atoms with Crippen molar-refractivity contribution in [1.82, 2.24) is 20.1 Å². The van der Waals surface area contributed by atoms with Crippen molar-refractivity contribution in [1.29, 1.82) is 0 Å². The van der Waals surface area contributed by atoms with Gasteiger partial charge in [-0.05, 0) is 43.4 Å². The fraction of sp³-hybridized carbons (Fsp3) is 0.423. The number of allylic oxidation sites excluding steroid dienone is 1. The first kappa shape index (κ1) is 25.5. The summed E-state index contributed by atoms with van der Waals surface area (Å²) in [5, 5.41) is 3.25. The van der Waals surface area contributed by atoms with E-state index in [2.05, 4.69) is 26.7 Å². The Morgan fingerprint density at radius 1 is 1.11 bits per heavy atom. The van der Waals surface area contributed by atoms with Crippen LogP contribution in [0.1, 0.15) is 74.8 Å². The largest absolute Gasteiger partial charge is 0.339 e. The van der Waals surface area contributed by atoms with E-state index < -0.39 is 18.1 Å². The topological polar surface area (TPSA) is 85.0 Å². The van der Waals surface area contributed by atoms with E-state index in [0.29, 0.717) is 43.8 Å². The van der Waals surface area contributed by atoms with Gasteiger partial charge in [0.2, 0.25) is 17.6 Å². The summed E-state index contributed by atoms with van der Waals surface area (Å²) in [5.41, 5.74) is 2.44. The monoisotopic (exact) mass is 499 g/mol. The Hall–Kier alpha value is -3.56. The summed E-state index contributed by atoms with van der Waals surface area (Å²) in [5.74, 6) is 0.155. The number of nitrogens with zero attached hydrogens (tertiary/aromatic N) is 5. The zero-order chi connectivity index (χ0) is 25.5. The molecular formula is C26H28F3N5O2. The molecule has 10 heteroatoms. The van der Waals surface area contributed by atoms with Crippen molar-refractivity contribution in [3.8, 4) is 11.1 Å². The maximum atomic E-state index is 13.2. The van der Waals surface area contributed by atoms with E-state index >= 15 is 0 Å². The van der Waals surface area contributed by atoms with Crippen LogP contribution >= 0.6 is 0 Å². The van der Waals surface area contributed by atoms with Gasteiger partial charge in [-0.15, -0.1) is 0 Å². The summed E-state index contributed by atoms with van der Waals surface area (Å²) in [6, 6.07) is 7.55. The van der Waals surface area contributed by atoms with E-state index in [4.69, 9.17) is 4.52 Å². The van der Waals surface area contributed by atoms with Crippen LogP contribution in [-0.2, 0) is 11.2 Å². The summed E-state index contributed by atoms with van der Waals surface area (Å²) in [4.78, 5) is 27.2. The number of aryl methyl sites for hydroxylation is 1. The molecule has 0 aliphatic heterocycles. The molecular weight excluding hydrogens is 471 g/mol. The third kappa shape index (κ3) is 6.99. The Kier molecular flexibility index (Phi) is 8.45. The number of alkyl halides is 2. The summed E-state index contributed by atoms with van der Waals surface area (Å²) < 4.78 is 43.2. The molecule has 0 N–H and O–H groups in total. The van der Waals surface area contributed by atoms with E-state index in [-0.39, 0.29) is 24.6 Å². The number of unbranched alkanes of at least 4 members (excludes halogenated alkanes) is 2. The lowest BCUT2D eigenvalue weighted by Gasteiger charge is -2.23. The van der Waals surface area contributed by atoms with Gasteiger partial charge in [-0.1, -0.05) is 30.3 Å². The highest BCUT2D eigenvalue weighted by atomic mass is 19.3. The van der Waals surface area contributed by atoms with Gasteiger partial charge in [-0.25, -0.2) is 23.1 Å². The van der Waals surface area contributed by atoms with E-state index in [1.165, 1.54) is 0 Å². The third-order valence-electron chi connectivity index (χ3n) is 5.97. The number of benzene rings is 1. The van der Waals surface area contributed by atoms with Crippen LogP contribution in [0, 0.1) is 0 Å². The van der Waals surface area contributed by atoms with Crippen molar-refractivity contribution in [2.24, 2.45) is 0 Å². The lowest BCUT2D eigenvalue weighted by Crippen LogP contribution is -2.31. The van der Waals surface area contributed by atoms with Crippen LogP contribution in [0.2, 0.25) is 0 Å². The van der Waals surface area contributed by atoms with Gasteiger partial charge in [-0.3, -0.25) is 4.79 Å². The molecule has 1 aromatic carbocycles. The third-order valence-corrected chi connectivity index (χ3v) is 5.97. The molecule has 1 aliphatic carbocycles. The molecule has 4 rings (SSSR count). The van der Waals surface area contributed by atoms with Gasteiger partial charge in [0.25, 0.3) is 0 Å². The molecule has 0 saturated heterocycles. The van der Waals surface area contributed by atoms with Crippen LogP contribution in [0.25, 0.3) is 11.1 Å². The number of hydrogen-bond donors (Lipinski definition) is 0. The second-order valence-corrected chi connectivity index (χ2v) is 8.87. The molecule has 2 heterocycles. The van der Waals surface area contributed by atoms with Gasteiger partial charge in [0, 0.05) is 55.4 Å². The van der Waals surface area contributed by atoms with E-state index in [0.717, 1.165) is 29.8 Å². The standard InChI is InChI=1S/C26H28F3N5O2/c1-17(27)9-12-23(35)34(13-4-2-3-8-22-32-26(24(28)29)33-36-22)21-7-5-6-19(14-21)20-15-30-25(31-16-20)18-10-11-18/h5-7,14-16,18,24H,1-4,8-13H2. The summed E-state index contributed by atoms with van der Waals surface area (Å²) in [6.45, 7) is 3.67. The molecule has 1 saturated carbocycles. The lowest BCUT2D eigenvalue weighted by molar-refractivity contribution is -0.118. The molecule has 190 valence electrons. The smallest absolute Gasteiger partial charge is 0.300 e. The maximum Gasteiger partial charge on any atom is 0.300 e. The molecule has 0 bridgehead atoms. The summed E-state index contributed by atoms with van der Waals surface area (Å²) in [6.07, 6.45) is 5.45. The van der Waals surface area contributed by atoms with Crippen molar-refractivity contribution in [3.63, 3.8) is 0 Å². The van der Waals surface area contributed by atoms with E-state index in [9.17, 15) is 18.0 Å². The maximum absolute atomic E-state index is 13.2. The minimum absolute atomic E-state index is 0.0111. The molecule has 0 radical (unpaired) electrons. The van der Waals surface area contributed by atoms with Crippen molar-refractivity contribution in [2.45, 2.75) is 63.7 Å². The van der Waals surface area contributed by atoms with Crippen molar-refractivity contribution in [2.75, 3.05) is 11.4 Å². The molecule has 36 heavy (non-hydrogen) atoms. The minimum Gasteiger partial charge on any atom is -0.339 e. The first-order valence-corrected chi connectivity index (χ1v) is 12.1. The number of halogens is 3. The van der Waals surface area contributed by atoms with Gasteiger partial charge in [0.1, 0.15) is 5.82 Å². The van der Waals surface area contributed by atoms with Gasteiger partial charge in [0.05, 0.1) is 5.83 Å². The first-order chi connectivity index (χ1) is 17.4. The van der Waals surface area contributed by atoms with Crippen molar-refractivity contribution in [3.05, 3.63) is 66.6 Å². The average molecular weight is 500 g/mol. The number of amides is 1. The Morgan fingerprint density at radius 2 is 1.89 bits per heavy atom. The van der Waals surface area contributed by atoms with Gasteiger partial charge in [0.15, 0.2) is 0 Å². The van der Waals surface area contributed by atoms with Gasteiger partial charge < -0.3 is 9.42 Å². The second kappa shape index (κ2) is 11.9. The molecule has 0 unspecified atom stereocenters. The van der Waals surface area contributed by atoms with E-state index in [1.54, 1.807) is 17.3 Å². The van der Waals surface area contributed by atoms with Crippen LogP contribution in [0.15, 0.2) is 53.6 Å². The number of anilines is 1. The number of hydrogen-bond acceptors (Lipinski definition) is 6. The molecule has 1 amide bonds. The highest BCUT2D eigenvalue weighted by molar-refractivity contribution is 5.94. The first-order valence-electron chi connectivity index (χ1n) is 12.1. The van der Waals surface area contributed by atoms with Crippen LogP contribution in [0.3, 0.4) is 0 Å². The fourth-order valence-corrected chi connectivity index (χ4v) is 3.85. The molecule has 0 atom stereocenters. The highest BCUT2D eigenvalue weighted by Crippen LogP contribution is 2.38. The Balaban J connectivity index is 1.39. The SMILES string of the molecule is C=C(F)CCC(=O)N(CCCCCc1nc(C(F)F)no1)c1cccc(-c2cnc(C3CC3)nc2)c1. The Labute approximate surface area is 207 Å². The van der Waals surface area contributed by atoms with Crippen LogP contribution < -0.4 is 4.90 Å². The Morgan fingerprint density at radius 3 is 2.56 bits per heavy atom. The molecule has 3 aromatic rings. The fourth-order valence-electron chi connectivity index (χ4n) is 3.85. The van der Waals surface area contributed by atoms with Crippen LogP contribution in [-0.4, -0.2) is 32.6 Å². The van der Waals surface area contributed by atoms with Crippen LogP contribution in [0.5, 0.6) is 0 Å². The number of aromatic nitrogens is 4. The highest BCUT2D eigenvalue weighted by Gasteiger charge is 2.26. The second-order valence-electron chi connectivity index (χ2n) is 8.87. The van der Waals surface area contributed by atoms with Crippen molar-refractivity contribution >= 4 is 11.6 Å². The van der Waals surface area contributed by atoms with Crippen molar-refractivity contribution < 1.29 is 22.5 Å². The summed E-state index contributed by atoms with van der Waals surface area (Å²) in [7, 11) is 0. The number of carbonyl (C=O) groups excluding carboxylic acids is 1. The Bertz CT molecular complexity index is 1180. The number of rotatable bonds is 13. The zero-order valence-electron chi connectivity index (χ0n) is 19.9. The predicted molar refractivity (Wildman–Crippen MR) is 128 cm³/mol. The molecule has 1 aliphatic rings. The average Bonchev–Trinajstić information content (AvgIpc) is 3.62. The molecule has 1 fully saturated rings. The summed E-state index contributed by atoms with van der Waals surface area (Å²) >= 11 is 0. The quantitative estimate of drug-likeness (QED) is 0.255. The van der Waals surface area contributed by atoms with Gasteiger partial charge in [-0.2, -0.15) is 4.98 Å². The molecule has 0 spiro atoms. The molecule has 2 aromatic heterocycles. The minimum atomic E-state index is -2.76. The number of carbonyl (C=O) groups is 1. The zero-order valence-corrected chi connectivity index (χ0v) is 19.9. The van der Waals surface area contributed by atoms with Gasteiger partial charge >= 0.3 is 6.43 Å². The normalized spacial score (nSPS) is 13.2. The molecule has 7 nitrogen and oxygen atoms in total. The lowest BCUT2D eigenvalue weighted by atomic mass is 10.1. The predicted octanol–water partition coefficient (Wildman–Crippen LogP) is 6.35. The van der Waals surface area contributed by atoms with Crippen LogP contribution in [0.4, 0.5) is 18.9 Å².